The maximum atomic E-state index is 14.8. The molecule has 0 radical (unpaired) electrons. The summed E-state index contributed by atoms with van der Waals surface area (Å²) in [6.45, 7) is 3.89. The van der Waals surface area contributed by atoms with Gasteiger partial charge in [0.1, 0.15) is 5.82 Å². The summed E-state index contributed by atoms with van der Waals surface area (Å²) in [4.78, 5) is 11.9. The van der Waals surface area contributed by atoms with E-state index in [2.05, 4.69) is 6.92 Å². The number of carbonyl (C=O) groups is 1. The van der Waals surface area contributed by atoms with E-state index in [9.17, 15) is 18.0 Å². The Morgan fingerprint density at radius 2 is 1.45 bits per heavy atom. The summed E-state index contributed by atoms with van der Waals surface area (Å²) in [6, 6.07) is 2.95. The number of ketones is 1. The fraction of sp³-hybridized carbons (Fsp3) is 0.741. The summed E-state index contributed by atoms with van der Waals surface area (Å²) in [5, 5.41) is 0. The van der Waals surface area contributed by atoms with E-state index in [0.717, 1.165) is 24.2 Å². The molecule has 0 aliphatic heterocycles. The molecule has 0 saturated heterocycles. The predicted octanol–water partition coefficient (Wildman–Crippen LogP) is 8.70. The standard InChI is InChI=1S/C27H39F3O/c1-3-5-18-6-11-20(12-7-18)21-13-8-19(9-14-21)10-15-22-16-17-23(24(31)4-2)25(26(22)28)27(29)30/h16-21,27H,3-15H2,1-2H3. The first kappa shape index (κ1) is 24.3. The van der Waals surface area contributed by atoms with E-state index in [1.165, 1.54) is 70.3 Å². The largest absolute Gasteiger partial charge is 0.294 e. The average Bonchev–Trinajstić information content (AvgIpc) is 2.78. The Morgan fingerprint density at radius 1 is 0.903 bits per heavy atom. The van der Waals surface area contributed by atoms with Crippen LogP contribution in [0.3, 0.4) is 0 Å². The Hall–Kier alpha value is -1.32. The molecule has 1 aromatic rings. The lowest BCUT2D eigenvalue weighted by Crippen LogP contribution is -2.26. The number of Topliss-reactive ketones (excluding diaryl/α,β-unsaturated/α-hetero) is 1. The van der Waals surface area contributed by atoms with Crippen molar-refractivity contribution in [2.24, 2.45) is 23.7 Å². The van der Waals surface area contributed by atoms with Gasteiger partial charge in [-0.15, -0.1) is 0 Å². The summed E-state index contributed by atoms with van der Waals surface area (Å²) in [6.07, 6.45) is 11.6. The van der Waals surface area contributed by atoms with Gasteiger partial charge in [0.2, 0.25) is 0 Å². The monoisotopic (exact) mass is 436 g/mol. The molecule has 0 amide bonds. The van der Waals surface area contributed by atoms with Crippen LogP contribution in [0.15, 0.2) is 12.1 Å². The van der Waals surface area contributed by atoms with Crippen molar-refractivity contribution in [1.82, 2.24) is 0 Å². The van der Waals surface area contributed by atoms with Gasteiger partial charge in [0.25, 0.3) is 6.43 Å². The van der Waals surface area contributed by atoms with Gasteiger partial charge in [0, 0.05) is 12.0 Å². The minimum Gasteiger partial charge on any atom is -0.294 e. The molecule has 1 aromatic carbocycles. The van der Waals surface area contributed by atoms with Gasteiger partial charge in [-0.3, -0.25) is 4.79 Å². The summed E-state index contributed by atoms with van der Waals surface area (Å²) in [5.74, 6) is 1.95. The van der Waals surface area contributed by atoms with Gasteiger partial charge in [-0.05, 0) is 67.8 Å². The molecule has 4 heteroatoms. The van der Waals surface area contributed by atoms with Crippen molar-refractivity contribution in [3.8, 4) is 0 Å². The SMILES string of the molecule is CCCC1CCC(C2CCC(CCc3ccc(C(=O)CC)c(C(F)F)c3F)CC2)CC1. The summed E-state index contributed by atoms with van der Waals surface area (Å²) in [5.41, 5.74) is -0.529. The highest BCUT2D eigenvalue weighted by atomic mass is 19.3. The molecule has 174 valence electrons. The van der Waals surface area contributed by atoms with E-state index in [1.807, 2.05) is 0 Å². The number of rotatable bonds is 9. The van der Waals surface area contributed by atoms with Crippen LogP contribution in [0.1, 0.15) is 119 Å². The highest BCUT2D eigenvalue weighted by molar-refractivity contribution is 5.97. The molecule has 0 spiro atoms. The van der Waals surface area contributed by atoms with Gasteiger partial charge < -0.3 is 0 Å². The van der Waals surface area contributed by atoms with Crippen molar-refractivity contribution < 1.29 is 18.0 Å². The molecule has 0 atom stereocenters. The number of aryl methyl sites for hydroxylation is 1. The third-order valence-electron chi connectivity index (χ3n) is 8.07. The van der Waals surface area contributed by atoms with Crippen LogP contribution in [-0.2, 0) is 6.42 Å². The van der Waals surface area contributed by atoms with Crippen molar-refractivity contribution in [2.45, 2.75) is 104 Å². The van der Waals surface area contributed by atoms with Crippen LogP contribution in [0, 0.1) is 29.5 Å². The maximum absolute atomic E-state index is 14.8. The van der Waals surface area contributed by atoms with Crippen LogP contribution in [0.4, 0.5) is 13.2 Å². The first-order chi connectivity index (χ1) is 14.9. The Balaban J connectivity index is 1.51. The highest BCUT2D eigenvalue weighted by Gasteiger charge is 2.31. The minimum absolute atomic E-state index is 0.0992. The van der Waals surface area contributed by atoms with Crippen LogP contribution in [0.25, 0.3) is 0 Å². The van der Waals surface area contributed by atoms with Crippen molar-refractivity contribution >= 4 is 5.78 Å². The lowest BCUT2D eigenvalue weighted by molar-refractivity contribution is 0.0971. The molecule has 1 nitrogen and oxygen atoms in total. The molecule has 3 rings (SSSR count). The van der Waals surface area contributed by atoms with Crippen LogP contribution in [-0.4, -0.2) is 5.78 Å². The smallest absolute Gasteiger partial charge is 0.267 e. The van der Waals surface area contributed by atoms with Gasteiger partial charge in [-0.25, -0.2) is 13.2 Å². The lowest BCUT2D eigenvalue weighted by Gasteiger charge is -2.38. The predicted molar refractivity (Wildman–Crippen MR) is 120 cm³/mol. The van der Waals surface area contributed by atoms with Crippen LogP contribution < -0.4 is 0 Å². The molecular formula is C27H39F3O. The molecule has 0 bridgehead atoms. The second-order valence-electron chi connectivity index (χ2n) is 9.97. The fourth-order valence-electron chi connectivity index (χ4n) is 6.14. The second-order valence-corrected chi connectivity index (χ2v) is 9.97. The minimum atomic E-state index is -2.96. The van der Waals surface area contributed by atoms with Crippen LogP contribution >= 0.6 is 0 Å². The van der Waals surface area contributed by atoms with Gasteiger partial charge in [0.05, 0.1) is 5.56 Å². The Morgan fingerprint density at radius 3 is 1.94 bits per heavy atom. The normalized spacial score (nSPS) is 26.9. The molecule has 0 heterocycles. The second kappa shape index (κ2) is 11.5. The maximum Gasteiger partial charge on any atom is 0.267 e. The molecule has 0 aromatic heterocycles. The van der Waals surface area contributed by atoms with E-state index in [4.69, 9.17) is 0 Å². The van der Waals surface area contributed by atoms with Gasteiger partial charge >= 0.3 is 0 Å². The number of alkyl halides is 2. The highest BCUT2D eigenvalue weighted by Crippen LogP contribution is 2.43. The molecular weight excluding hydrogens is 397 g/mol. The molecule has 2 aliphatic rings. The molecule has 0 unspecified atom stereocenters. The number of hydrogen-bond donors (Lipinski definition) is 0. The first-order valence-electron chi connectivity index (χ1n) is 12.6. The zero-order chi connectivity index (χ0) is 22.4. The van der Waals surface area contributed by atoms with Gasteiger partial charge in [-0.1, -0.05) is 64.5 Å². The van der Waals surface area contributed by atoms with Crippen LogP contribution in [0.5, 0.6) is 0 Å². The van der Waals surface area contributed by atoms with E-state index >= 15 is 0 Å². The lowest BCUT2D eigenvalue weighted by atomic mass is 9.68. The Kier molecular flexibility index (Phi) is 9.04. The fourth-order valence-corrected chi connectivity index (χ4v) is 6.14. The number of carbonyl (C=O) groups excluding carboxylic acids is 1. The zero-order valence-corrected chi connectivity index (χ0v) is 19.3. The van der Waals surface area contributed by atoms with Crippen molar-refractivity contribution in [1.29, 1.82) is 0 Å². The van der Waals surface area contributed by atoms with Crippen molar-refractivity contribution in [3.05, 3.63) is 34.6 Å². The molecule has 0 N–H and O–H groups in total. The summed E-state index contributed by atoms with van der Waals surface area (Å²) < 4.78 is 41.7. The number of hydrogen-bond acceptors (Lipinski definition) is 1. The van der Waals surface area contributed by atoms with E-state index in [1.54, 1.807) is 13.0 Å². The summed E-state index contributed by atoms with van der Waals surface area (Å²) >= 11 is 0. The zero-order valence-electron chi connectivity index (χ0n) is 19.3. The van der Waals surface area contributed by atoms with E-state index in [0.29, 0.717) is 17.9 Å². The number of benzene rings is 1. The first-order valence-corrected chi connectivity index (χ1v) is 12.6. The molecule has 2 saturated carbocycles. The van der Waals surface area contributed by atoms with E-state index < -0.39 is 23.6 Å². The third kappa shape index (κ3) is 6.14. The van der Waals surface area contributed by atoms with Crippen LogP contribution in [0.2, 0.25) is 0 Å². The van der Waals surface area contributed by atoms with Crippen molar-refractivity contribution in [2.75, 3.05) is 0 Å². The Bertz CT molecular complexity index is 713. The third-order valence-corrected chi connectivity index (χ3v) is 8.07. The molecule has 31 heavy (non-hydrogen) atoms. The summed E-state index contributed by atoms with van der Waals surface area (Å²) in [7, 11) is 0. The molecule has 2 fully saturated rings. The average molecular weight is 437 g/mol. The van der Waals surface area contributed by atoms with Gasteiger partial charge in [-0.2, -0.15) is 0 Å². The quantitative estimate of drug-likeness (QED) is 0.354. The van der Waals surface area contributed by atoms with Gasteiger partial charge in [0.15, 0.2) is 5.78 Å². The topological polar surface area (TPSA) is 17.1 Å². The molecule has 2 aliphatic carbocycles. The van der Waals surface area contributed by atoms with Crippen molar-refractivity contribution in [3.63, 3.8) is 0 Å². The van der Waals surface area contributed by atoms with E-state index in [-0.39, 0.29) is 12.0 Å². The Labute approximate surface area is 186 Å². The number of halogens is 3.